The molecule has 0 fully saturated rings. The zero-order valence-corrected chi connectivity index (χ0v) is 32.0. The number of carbonyl (C=O) groups is 2. The maximum absolute atomic E-state index is 13.6. The van der Waals surface area contributed by atoms with Crippen LogP contribution >= 0.6 is 23.2 Å². The fraction of sp³-hybridized carbons (Fsp3) is 0.316. The number of carboxylic acid groups (broad SMARTS) is 2. The van der Waals surface area contributed by atoms with E-state index in [9.17, 15) is 29.4 Å². The molecule has 6 N–H and O–H groups in total. The highest BCUT2D eigenvalue weighted by atomic mass is 35.5. The van der Waals surface area contributed by atoms with E-state index >= 15 is 0 Å². The van der Waals surface area contributed by atoms with Crippen LogP contribution in [0.25, 0.3) is 44.7 Å². The number of hydrogen-bond acceptors (Lipinski definition) is 10. The summed E-state index contributed by atoms with van der Waals surface area (Å²) < 4.78 is 6.19. The largest absolute Gasteiger partial charge is 0.480 e. The number of fused-ring (bicyclic) bond motifs is 2. The number of hydrogen-bond donors (Lipinski definition) is 6. The van der Waals surface area contributed by atoms with Crippen molar-refractivity contribution in [3.8, 4) is 33.6 Å². The average Bonchev–Trinajstić information content (AvgIpc) is 3.78. The minimum atomic E-state index is -1.15. The summed E-state index contributed by atoms with van der Waals surface area (Å²) in [5, 5.41) is 52.3. The molecule has 0 aliphatic carbocycles. The molecule has 0 spiro atoms. The lowest BCUT2D eigenvalue weighted by atomic mass is 9.98. The third-order valence-electron chi connectivity index (χ3n) is 9.57. The number of halogens is 2. The van der Waals surface area contributed by atoms with Gasteiger partial charge in [-0.25, -0.2) is 9.03 Å². The van der Waals surface area contributed by atoms with Crippen molar-refractivity contribution < 1.29 is 30.0 Å². The second-order valence-electron chi connectivity index (χ2n) is 13.3. The van der Waals surface area contributed by atoms with E-state index in [0.717, 1.165) is 0 Å². The summed E-state index contributed by atoms with van der Waals surface area (Å²) >= 11 is 14.1. The predicted molar refractivity (Wildman–Crippen MR) is 211 cm³/mol. The Morgan fingerprint density at radius 3 is 1.41 bits per heavy atom. The highest BCUT2D eigenvalue weighted by molar-refractivity contribution is 6.39. The van der Waals surface area contributed by atoms with Gasteiger partial charge in [0, 0.05) is 59.1 Å². The summed E-state index contributed by atoms with van der Waals surface area (Å²) in [4.78, 5) is 49.5. The summed E-state index contributed by atoms with van der Waals surface area (Å²) in [7, 11) is 0. The fourth-order valence-electron chi connectivity index (χ4n) is 6.58. The summed E-state index contributed by atoms with van der Waals surface area (Å²) in [5.74, 6) is -2.31. The van der Waals surface area contributed by atoms with E-state index < -0.39 is 37.2 Å². The molecule has 0 amide bonds. The lowest BCUT2D eigenvalue weighted by Gasteiger charge is -2.13. The van der Waals surface area contributed by atoms with Crippen LogP contribution in [0.15, 0.2) is 70.5 Å². The summed E-state index contributed by atoms with van der Waals surface area (Å²) in [6, 6.07) is 12.0. The van der Waals surface area contributed by atoms with Gasteiger partial charge in [0.05, 0.1) is 34.6 Å². The first-order valence-corrected chi connectivity index (χ1v) is 18.5. The molecule has 18 heteroatoms. The average molecular weight is 808 g/mol. The van der Waals surface area contributed by atoms with Crippen molar-refractivity contribution in [2.45, 2.75) is 51.9 Å². The molecule has 6 aromatic rings. The minimum absolute atomic E-state index is 0.276. The zero-order chi connectivity index (χ0) is 40.3. The minimum Gasteiger partial charge on any atom is -0.480 e. The van der Waals surface area contributed by atoms with Crippen LogP contribution < -0.4 is 21.8 Å². The van der Waals surface area contributed by atoms with Crippen LogP contribution in [-0.2, 0) is 22.7 Å². The molecule has 56 heavy (non-hydrogen) atoms. The monoisotopic (exact) mass is 806 g/mol. The van der Waals surface area contributed by atoms with Crippen molar-refractivity contribution in [3.63, 3.8) is 0 Å². The Morgan fingerprint density at radius 1 is 0.679 bits per heavy atom. The van der Waals surface area contributed by atoms with Gasteiger partial charge in [0.25, 0.3) is 11.1 Å². The zero-order valence-electron chi connectivity index (χ0n) is 30.4. The Kier molecular flexibility index (Phi) is 12.4. The number of aliphatic hydroxyl groups is 2. The molecular formula is C38H40Cl2N8O8. The van der Waals surface area contributed by atoms with Gasteiger partial charge in [0.1, 0.15) is 23.1 Å². The van der Waals surface area contributed by atoms with Gasteiger partial charge in [-0.1, -0.05) is 59.6 Å². The van der Waals surface area contributed by atoms with Crippen molar-refractivity contribution in [3.05, 3.63) is 103 Å². The molecule has 0 bridgehead atoms. The van der Waals surface area contributed by atoms with Gasteiger partial charge in [-0.15, -0.1) is 0 Å². The Morgan fingerprint density at radius 2 is 1.05 bits per heavy atom. The summed E-state index contributed by atoms with van der Waals surface area (Å²) in [6.07, 6.45) is 4.37. The molecule has 16 nitrogen and oxygen atoms in total. The number of nitrogens with one attached hydrogen (secondary N) is 2. The van der Waals surface area contributed by atoms with Crippen molar-refractivity contribution >= 4 is 46.2 Å². The molecule has 0 aliphatic rings. The number of aliphatic carboxylic acids is 2. The summed E-state index contributed by atoms with van der Waals surface area (Å²) in [5.41, 5.74) is 4.69. The molecule has 0 unspecified atom stereocenters. The van der Waals surface area contributed by atoms with Gasteiger partial charge in [-0.3, -0.25) is 19.2 Å². The SMILES string of the molecule is Cc1cn2nc(-c3cccc(-c4cccc(-c5cc6c(=O)n(CCCN[C@@H](CO)C(=O)O)c(C)cn6n5)c4Cl)c3Cl)cc2c(=O)n1CCCN[C@@H](CO)C(=O)O. The molecule has 6 rings (SSSR count). The molecule has 0 saturated carbocycles. The molecule has 0 radical (unpaired) electrons. The first-order valence-electron chi connectivity index (χ1n) is 17.8. The number of carboxylic acids is 2. The van der Waals surface area contributed by atoms with Crippen molar-refractivity contribution in [2.24, 2.45) is 0 Å². The maximum Gasteiger partial charge on any atom is 0.323 e. The summed E-state index contributed by atoms with van der Waals surface area (Å²) in [6.45, 7) is 3.69. The third-order valence-corrected chi connectivity index (χ3v) is 10.4. The topological polar surface area (TPSA) is 218 Å². The fourth-order valence-corrected chi connectivity index (χ4v) is 7.23. The van der Waals surface area contributed by atoms with E-state index in [1.807, 2.05) is 24.3 Å². The van der Waals surface area contributed by atoms with Crippen LogP contribution in [-0.4, -0.2) is 99.1 Å². The molecule has 294 valence electrons. The quantitative estimate of drug-likeness (QED) is 0.0734. The van der Waals surface area contributed by atoms with Crippen LogP contribution in [0.4, 0.5) is 0 Å². The molecule has 4 heterocycles. The number of aliphatic hydroxyl groups excluding tert-OH is 2. The molecule has 0 saturated heterocycles. The van der Waals surface area contributed by atoms with Gasteiger partial charge in [0.15, 0.2) is 0 Å². The first-order chi connectivity index (χ1) is 26.8. The van der Waals surface area contributed by atoms with Crippen molar-refractivity contribution in [1.29, 1.82) is 0 Å². The second-order valence-corrected chi connectivity index (χ2v) is 14.0. The standard InChI is InChI=1S/C38H40Cl2N8O8/c1-21-17-47-31(35(51)45(21)13-5-11-41-29(19-49)37(53)54)15-27(43-47)25-9-3-7-23(33(25)39)24-8-4-10-26(34(24)40)28-16-32-36(52)46(22(2)18-48(32)44-28)14-6-12-42-30(20-50)38(55)56/h3-4,7-10,15-18,29-30,41-42,49-50H,5-6,11-14,19-20H2,1-2H3,(H,53,54)(H,55,56)/t29-,30-/m0/s1. The number of aromatic nitrogens is 6. The predicted octanol–water partition coefficient (Wildman–Crippen LogP) is 3.08. The number of benzene rings is 2. The lowest BCUT2D eigenvalue weighted by Crippen LogP contribution is -2.40. The van der Waals surface area contributed by atoms with Gasteiger partial charge in [0.2, 0.25) is 0 Å². The Labute approximate surface area is 329 Å². The normalized spacial score (nSPS) is 12.8. The maximum atomic E-state index is 13.6. The molecular weight excluding hydrogens is 767 g/mol. The van der Waals surface area contributed by atoms with Crippen LogP contribution in [0.2, 0.25) is 10.0 Å². The van der Waals surface area contributed by atoms with E-state index in [-0.39, 0.29) is 24.2 Å². The highest BCUT2D eigenvalue weighted by Gasteiger charge is 2.21. The van der Waals surface area contributed by atoms with Gasteiger partial charge in [-0.05, 0) is 51.9 Å². The third kappa shape index (κ3) is 8.11. The van der Waals surface area contributed by atoms with E-state index in [2.05, 4.69) is 20.8 Å². The van der Waals surface area contributed by atoms with Gasteiger partial charge >= 0.3 is 11.9 Å². The number of nitrogens with zero attached hydrogens (tertiary/aromatic N) is 6. The van der Waals surface area contributed by atoms with E-state index in [0.29, 0.717) is 92.0 Å². The Hall–Kier alpha value is -5.36. The first kappa shape index (κ1) is 40.3. The highest BCUT2D eigenvalue weighted by Crippen LogP contribution is 2.42. The van der Waals surface area contributed by atoms with Crippen LogP contribution in [0.3, 0.4) is 0 Å². The Bertz CT molecular complexity index is 2390. The Balaban J connectivity index is 1.26. The molecule has 0 aliphatic heterocycles. The number of aryl methyl sites for hydroxylation is 2. The van der Waals surface area contributed by atoms with Crippen LogP contribution in [0.5, 0.6) is 0 Å². The smallest absolute Gasteiger partial charge is 0.323 e. The van der Waals surface area contributed by atoms with Crippen molar-refractivity contribution in [2.75, 3.05) is 26.3 Å². The van der Waals surface area contributed by atoms with E-state index in [1.54, 1.807) is 59.6 Å². The second kappa shape index (κ2) is 17.2. The van der Waals surface area contributed by atoms with Crippen molar-refractivity contribution in [1.82, 2.24) is 39.0 Å². The molecule has 4 aromatic heterocycles. The molecule has 2 aromatic carbocycles. The van der Waals surface area contributed by atoms with Crippen LogP contribution in [0, 0.1) is 13.8 Å². The molecule has 2 atom stereocenters. The van der Waals surface area contributed by atoms with E-state index in [4.69, 9.17) is 33.4 Å². The number of rotatable bonds is 17. The van der Waals surface area contributed by atoms with Crippen LogP contribution in [0.1, 0.15) is 24.2 Å². The lowest BCUT2D eigenvalue weighted by molar-refractivity contribution is -0.141. The van der Waals surface area contributed by atoms with E-state index in [1.165, 1.54) is 9.03 Å². The van der Waals surface area contributed by atoms with Gasteiger partial charge in [-0.2, -0.15) is 10.2 Å². The van der Waals surface area contributed by atoms with Gasteiger partial charge < -0.3 is 40.2 Å².